The molecule has 0 amide bonds. The van der Waals surface area contributed by atoms with Crippen LogP contribution in [-0.2, 0) is 19.7 Å². The largest absolute Gasteiger partial charge is 0.293 e. The van der Waals surface area contributed by atoms with E-state index in [1.807, 2.05) is 0 Å². The maximum atomic E-state index is 11.7. The monoisotopic (exact) mass is 324 g/mol. The Balaban J connectivity index is 2.73. The average Bonchev–Trinajstić information content (AvgIpc) is 2.26. The van der Waals surface area contributed by atoms with Crippen molar-refractivity contribution in [1.82, 2.24) is 0 Å². The first-order chi connectivity index (χ1) is 8.59. The highest BCUT2D eigenvalue weighted by Gasteiger charge is 2.20. The molecule has 8 heteroatoms. The third-order valence-corrected chi connectivity index (χ3v) is 5.27. The summed E-state index contributed by atoms with van der Waals surface area (Å²) >= 11 is 5.65. The van der Waals surface area contributed by atoms with Crippen molar-refractivity contribution in [3.05, 3.63) is 34.9 Å². The van der Waals surface area contributed by atoms with Gasteiger partial charge in [0.2, 0.25) is 0 Å². The number of benzene rings is 1. The molecule has 106 valence electrons. The summed E-state index contributed by atoms with van der Waals surface area (Å²) in [5.41, 5.74) is 0.229. The first-order valence-electron chi connectivity index (χ1n) is 5.26. The summed E-state index contributed by atoms with van der Waals surface area (Å²) in [6.07, 6.45) is 0.948. The summed E-state index contributed by atoms with van der Waals surface area (Å²) < 4.78 is 45.0. The Morgan fingerprint density at radius 2 is 1.58 bits per heavy atom. The van der Waals surface area contributed by atoms with Gasteiger partial charge in [0, 0.05) is 16.8 Å². The van der Waals surface area contributed by atoms with Gasteiger partial charge in [-0.15, -0.1) is 0 Å². The van der Waals surface area contributed by atoms with Gasteiger partial charge in [-0.05, 0) is 24.3 Å². The smallest absolute Gasteiger partial charge is 0.177 e. The minimum atomic E-state index is -3.73. The summed E-state index contributed by atoms with van der Waals surface area (Å²) in [4.78, 5) is 11.7. The Morgan fingerprint density at radius 3 is 2.05 bits per heavy atom. The zero-order chi connectivity index (χ0) is 14.7. The average molecular weight is 325 g/mol. The third-order valence-electron chi connectivity index (χ3n) is 2.28. The molecule has 0 bridgehead atoms. The Kier molecular flexibility index (Phi) is 5.11. The van der Waals surface area contributed by atoms with Gasteiger partial charge in [-0.1, -0.05) is 11.6 Å². The Hall–Kier alpha value is -0.920. The molecule has 0 atom stereocenters. The molecular formula is C11H13ClO5S2. The van der Waals surface area contributed by atoms with Gasteiger partial charge in [0.1, 0.15) is 15.6 Å². The molecule has 1 aromatic carbocycles. The van der Waals surface area contributed by atoms with Crippen molar-refractivity contribution in [3.63, 3.8) is 0 Å². The molecule has 1 rings (SSSR count). The SMILES string of the molecule is CS(=O)(=O)CCS(=O)(=O)CC(=O)c1ccc(Cl)cc1. The van der Waals surface area contributed by atoms with E-state index < -0.39 is 42.7 Å². The molecule has 0 N–H and O–H groups in total. The summed E-state index contributed by atoms with van der Waals surface area (Å²) in [6.45, 7) is 0. The zero-order valence-corrected chi connectivity index (χ0v) is 12.6. The molecule has 0 heterocycles. The van der Waals surface area contributed by atoms with Gasteiger partial charge < -0.3 is 0 Å². The van der Waals surface area contributed by atoms with E-state index in [0.717, 1.165) is 6.26 Å². The Bertz CT molecular complexity index is 660. The van der Waals surface area contributed by atoms with E-state index in [1.54, 1.807) is 0 Å². The lowest BCUT2D eigenvalue weighted by atomic mass is 10.1. The van der Waals surface area contributed by atoms with Gasteiger partial charge in [0.15, 0.2) is 15.6 Å². The Labute approximate surface area is 117 Å². The van der Waals surface area contributed by atoms with Gasteiger partial charge in [-0.25, -0.2) is 16.8 Å². The van der Waals surface area contributed by atoms with Crippen LogP contribution in [0.3, 0.4) is 0 Å². The number of Topliss-reactive ketones (excluding diaryl/α,β-unsaturated/α-hetero) is 1. The summed E-state index contributed by atoms with van der Waals surface area (Å²) in [6, 6.07) is 5.82. The maximum absolute atomic E-state index is 11.7. The van der Waals surface area contributed by atoms with Gasteiger partial charge in [-0.2, -0.15) is 0 Å². The second-order valence-corrected chi connectivity index (χ2v) is 9.03. The highest BCUT2D eigenvalue weighted by Crippen LogP contribution is 2.11. The van der Waals surface area contributed by atoms with Crippen LogP contribution < -0.4 is 0 Å². The molecule has 1 aromatic rings. The fourth-order valence-electron chi connectivity index (χ4n) is 1.27. The fourth-order valence-corrected chi connectivity index (χ4v) is 4.33. The topological polar surface area (TPSA) is 85.3 Å². The molecule has 19 heavy (non-hydrogen) atoms. The minimum absolute atomic E-state index is 0.229. The maximum Gasteiger partial charge on any atom is 0.177 e. The molecule has 0 aliphatic carbocycles. The Morgan fingerprint density at radius 1 is 1.05 bits per heavy atom. The van der Waals surface area contributed by atoms with Crippen LogP contribution in [0.5, 0.6) is 0 Å². The number of carbonyl (C=O) groups is 1. The quantitative estimate of drug-likeness (QED) is 0.728. The van der Waals surface area contributed by atoms with Crippen molar-refractivity contribution in [1.29, 1.82) is 0 Å². The molecule has 0 saturated carbocycles. The fraction of sp³-hybridized carbons (Fsp3) is 0.364. The van der Waals surface area contributed by atoms with E-state index in [2.05, 4.69) is 0 Å². The molecule has 0 radical (unpaired) electrons. The van der Waals surface area contributed by atoms with Gasteiger partial charge in [0.05, 0.1) is 11.5 Å². The first-order valence-corrected chi connectivity index (χ1v) is 9.52. The minimum Gasteiger partial charge on any atom is -0.293 e. The van der Waals surface area contributed by atoms with E-state index in [-0.39, 0.29) is 5.56 Å². The third kappa shape index (κ3) is 6.17. The van der Waals surface area contributed by atoms with Crippen molar-refractivity contribution in [2.45, 2.75) is 0 Å². The summed E-state index contributed by atoms with van der Waals surface area (Å²) in [5.74, 6) is -2.32. The molecule has 0 aromatic heterocycles. The van der Waals surface area contributed by atoms with E-state index in [0.29, 0.717) is 5.02 Å². The predicted octanol–water partition coefficient (Wildman–Crippen LogP) is 0.982. The lowest BCUT2D eigenvalue weighted by molar-refractivity contribution is 0.102. The highest BCUT2D eigenvalue weighted by atomic mass is 35.5. The van der Waals surface area contributed by atoms with Crippen LogP contribution in [-0.4, -0.2) is 46.1 Å². The number of halogens is 1. The standard InChI is InChI=1S/C11H13ClO5S2/c1-18(14,15)6-7-19(16,17)8-11(13)9-2-4-10(12)5-3-9/h2-5H,6-8H2,1H3. The van der Waals surface area contributed by atoms with Gasteiger partial charge in [0.25, 0.3) is 0 Å². The molecule has 0 aliphatic rings. The molecule has 0 fully saturated rings. The van der Waals surface area contributed by atoms with Crippen LogP contribution >= 0.6 is 11.6 Å². The van der Waals surface area contributed by atoms with E-state index in [9.17, 15) is 21.6 Å². The molecule has 0 unspecified atom stereocenters. The zero-order valence-electron chi connectivity index (χ0n) is 10.2. The van der Waals surface area contributed by atoms with Crippen molar-refractivity contribution >= 4 is 37.1 Å². The van der Waals surface area contributed by atoms with Crippen molar-refractivity contribution in [2.24, 2.45) is 0 Å². The predicted molar refractivity (Wildman–Crippen MR) is 74.1 cm³/mol. The number of sulfone groups is 2. The second-order valence-electron chi connectivity index (χ2n) is 4.15. The van der Waals surface area contributed by atoms with Crippen molar-refractivity contribution in [2.75, 3.05) is 23.5 Å². The van der Waals surface area contributed by atoms with Crippen LogP contribution in [0, 0.1) is 0 Å². The number of rotatable bonds is 6. The van der Waals surface area contributed by atoms with Crippen LogP contribution in [0.4, 0.5) is 0 Å². The van der Waals surface area contributed by atoms with Crippen molar-refractivity contribution < 1.29 is 21.6 Å². The second kappa shape index (κ2) is 6.02. The number of hydrogen-bond acceptors (Lipinski definition) is 5. The summed E-state index contributed by atoms with van der Waals surface area (Å²) in [5, 5.41) is 0.441. The van der Waals surface area contributed by atoms with Gasteiger partial charge in [-0.3, -0.25) is 4.79 Å². The van der Waals surface area contributed by atoms with Crippen LogP contribution in [0.15, 0.2) is 24.3 Å². The van der Waals surface area contributed by atoms with Crippen molar-refractivity contribution in [3.8, 4) is 0 Å². The molecule has 0 saturated heterocycles. The number of ketones is 1. The molecular weight excluding hydrogens is 312 g/mol. The normalized spacial score (nSPS) is 12.3. The van der Waals surface area contributed by atoms with Crippen LogP contribution in [0.1, 0.15) is 10.4 Å². The van der Waals surface area contributed by atoms with E-state index in [1.165, 1.54) is 24.3 Å². The lowest BCUT2D eigenvalue weighted by Gasteiger charge is -2.03. The van der Waals surface area contributed by atoms with Crippen LogP contribution in [0.25, 0.3) is 0 Å². The van der Waals surface area contributed by atoms with E-state index in [4.69, 9.17) is 11.6 Å². The lowest BCUT2D eigenvalue weighted by Crippen LogP contribution is -2.23. The number of hydrogen-bond donors (Lipinski definition) is 0. The molecule has 5 nitrogen and oxygen atoms in total. The highest BCUT2D eigenvalue weighted by molar-refractivity contribution is 7.95. The summed E-state index contributed by atoms with van der Waals surface area (Å²) in [7, 11) is -7.11. The number of carbonyl (C=O) groups excluding carboxylic acids is 1. The molecule has 0 aliphatic heterocycles. The van der Waals surface area contributed by atoms with E-state index >= 15 is 0 Å². The first kappa shape index (κ1) is 16.1. The van der Waals surface area contributed by atoms with Crippen LogP contribution in [0.2, 0.25) is 5.02 Å². The molecule has 0 spiro atoms. The van der Waals surface area contributed by atoms with Gasteiger partial charge >= 0.3 is 0 Å².